The highest BCUT2D eigenvalue weighted by Crippen LogP contribution is 2.35. The van der Waals surface area contributed by atoms with E-state index in [1.165, 1.54) is 0 Å². The molecule has 2 N–H and O–H groups in total. The first-order valence-corrected chi connectivity index (χ1v) is 6.46. The highest BCUT2D eigenvalue weighted by molar-refractivity contribution is 5.95. The maximum atomic E-state index is 11.8. The van der Waals surface area contributed by atoms with Gasteiger partial charge in [-0.05, 0) is 11.6 Å². The van der Waals surface area contributed by atoms with Gasteiger partial charge in [-0.1, -0.05) is 18.2 Å². The minimum absolute atomic E-state index is 0.00569. The van der Waals surface area contributed by atoms with E-state index in [9.17, 15) is 4.79 Å². The van der Waals surface area contributed by atoms with E-state index in [1.807, 2.05) is 18.2 Å². The number of nitrogens with one attached hydrogen (secondary N) is 2. The fraction of sp³-hybridized carbons (Fsp3) is 0.500. The molecule has 0 saturated carbocycles. The van der Waals surface area contributed by atoms with Gasteiger partial charge in [0.15, 0.2) is 0 Å². The first-order chi connectivity index (χ1) is 8.72. The molecule has 2 heterocycles. The molecule has 1 aromatic rings. The fourth-order valence-electron chi connectivity index (χ4n) is 2.97. The van der Waals surface area contributed by atoms with Crippen molar-refractivity contribution in [1.82, 2.24) is 15.5 Å². The molecule has 2 aliphatic heterocycles. The van der Waals surface area contributed by atoms with Gasteiger partial charge in [-0.2, -0.15) is 0 Å². The lowest BCUT2D eigenvalue weighted by Gasteiger charge is -2.56. The van der Waals surface area contributed by atoms with Crippen molar-refractivity contribution in [2.24, 2.45) is 5.41 Å². The predicted molar refractivity (Wildman–Crippen MR) is 70.4 cm³/mol. The van der Waals surface area contributed by atoms with Gasteiger partial charge < -0.3 is 10.6 Å². The van der Waals surface area contributed by atoms with Crippen molar-refractivity contribution in [3.05, 3.63) is 35.4 Å². The summed E-state index contributed by atoms with van der Waals surface area (Å²) in [5.41, 5.74) is 2.47. The van der Waals surface area contributed by atoms with E-state index in [4.69, 9.17) is 0 Å². The summed E-state index contributed by atoms with van der Waals surface area (Å²) in [5, 5.41) is 6.04. The van der Waals surface area contributed by atoms with Gasteiger partial charge in [0.25, 0.3) is 5.91 Å². The van der Waals surface area contributed by atoms with E-state index in [2.05, 4.69) is 21.6 Å². The predicted octanol–water partition coefficient (Wildman–Crippen LogP) is 0.451. The van der Waals surface area contributed by atoms with Gasteiger partial charge in [0.1, 0.15) is 0 Å². The Hall–Kier alpha value is -1.39. The van der Waals surface area contributed by atoms with E-state index >= 15 is 0 Å². The molecule has 0 atom stereocenters. The summed E-state index contributed by atoms with van der Waals surface area (Å²) in [7, 11) is 1.68. The van der Waals surface area contributed by atoms with Crippen molar-refractivity contribution < 1.29 is 4.79 Å². The van der Waals surface area contributed by atoms with Crippen LogP contribution in [0.3, 0.4) is 0 Å². The monoisotopic (exact) mass is 245 g/mol. The smallest absolute Gasteiger partial charge is 0.251 e. The van der Waals surface area contributed by atoms with Crippen molar-refractivity contribution >= 4 is 5.91 Å². The van der Waals surface area contributed by atoms with Crippen LogP contribution in [0.2, 0.25) is 0 Å². The number of benzene rings is 1. The average Bonchev–Trinajstić information content (AvgIpc) is 2.30. The van der Waals surface area contributed by atoms with Gasteiger partial charge in [-0.3, -0.25) is 9.69 Å². The molecule has 3 rings (SSSR count). The first kappa shape index (κ1) is 11.7. The van der Waals surface area contributed by atoms with Crippen LogP contribution < -0.4 is 10.6 Å². The number of nitrogens with zero attached hydrogens (tertiary/aromatic N) is 1. The molecule has 1 spiro atoms. The molecule has 2 fully saturated rings. The number of carbonyl (C=O) groups is 1. The third-order valence-corrected chi connectivity index (χ3v) is 4.00. The van der Waals surface area contributed by atoms with Gasteiger partial charge in [0.2, 0.25) is 0 Å². The second kappa shape index (κ2) is 4.37. The van der Waals surface area contributed by atoms with Crippen LogP contribution in [0.5, 0.6) is 0 Å². The van der Waals surface area contributed by atoms with Crippen molar-refractivity contribution in [3.63, 3.8) is 0 Å². The molecule has 0 bridgehead atoms. The van der Waals surface area contributed by atoms with Gasteiger partial charge in [0.05, 0.1) is 0 Å². The fourth-order valence-corrected chi connectivity index (χ4v) is 2.97. The molecule has 0 aromatic heterocycles. The molecule has 2 saturated heterocycles. The zero-order valence-electron chi connectivity index (χ0n) is 10.7. The summed E-state index contributed by atoms with van der Waals surface area (Å²) >= 11 is 0. The number of hydrogen-bond donors (Lipinski definition) is 2. The Morgan fingerprint density at radius 1 is 1.39 bits per heavy atom. The minimum atomic E-state index is 0.00569. The third-order valence-electron chi connectivity index (χ3n) is 4.00. The number of rotatable bonds is 3. The minimum Gasteiger partial charge on any atom is -0.355 e. The Bertz CT molecular complexity index is 460. The Morgan fingerprint density at radius 2 is 2.11 bits per heavy atom. The number of hydrogen-bond acceptors (Lipinski definition) is 3. The summed E-state index contributed by atoms with van der Waals surface area (Å²) in [4.78, 5) is 14.2. The molecular formula is C14H19N3O. The first-order valence-electron chi connectivity index (χ1n) is 6.46. The van der Waals surface area contributed by atoms with E-state index in [0.29, 0.717) is 5.41 Å². The molecular weight excluding hydrogens is 226 g/mol. The molecule has 1 amide bonds. The van der Waals surface area contributed by atoms with Crippen LogP contribution in [0.4, 0.5) is 0 Å². The van der Waals surface area contributed by atoms with Gasteiger partial charge >= 0.3 is 0 Å². The van der Waals surface area contributed by atoms with E-state index in [0.717, 1.165) is 43.9 Å². The topological polar surface area (TPSA) is 44.4 Å². The number of likely N-dealkylation sites (tertiary alicyclic amines) is 1. The summed E-state index contributed by atoms with van der Waals surface area (Å²) in [6.45, 7) is 5.50. The van der Waals surface area contributed by atoms with Crippen molar-refractivity contribution in [2.75, 3.05) is 33.2 Å². The highest BCUT2D eigenvalue weighted by Gasteiger charge is 2.47. The lowest BCUT2D eigenvalue weighted by atomic mass is 9.74. The van der Waals surface area contributed by atoms with Crippen molar-refractivity contribution in [2.45, 2.75) is 6.54 Å². The van der Waals surface area contributed by atoms with Crippen LogP contribution in [0.15, 0.2) is 24.3 Å². The van der Waals surface area contributed by atoms with Crippen molar-refractivity contribution in [3.8, 4) is 0 Å². The third kappa shape index (κ3) is 1.91. The normalized spacial score (nSPS) is 21.2. The second-order valence-corrected chi connectivity index (χ2v) is 5.48. The van der Waals surface area contributed by atoms with Crippen LogP contribution in [-0.2, 0) is 6.54 Å². The Labute approximate surface area is 107 Å². The van der Waals surface area contributed by atoms with Gasteiger partial charge in [-0.25, -0.2) is 0 Å². The number of amides is 1. The standard InChI is InChI=1S/C14H19N3O/c1-15-13(18)12-5-3-2-4-11(12)6-17-9-14(10-17)7-16-8-14/h2-5,16H,6-10H2,1H3,(H,15,18). The molecule has 2 aliphatic rings. The van der Waals surface area contributed by atoms with Gasteiger partial charge in [-0.15, -0.1) is 0 Å². The lowest BCUT2D eigenvalue weighted by molar-refractivity contribution is -0.0445. The highest BCUT2D eigenvalue weighted by atomic mass is 16.1. The van der Waals surface area contributed by atoms with E-state index in [1.54, 1.807) is 7.05 Å². The second-order valence-electron chi connectivity index (χ2n) is 5.48. The maximum absolute atomic E-state index is 11.8. The average molecular weight is 245 g/mol. The van der Waals surface area contributed by atoms with Crippen LogP contribution in [-0.4, -0.2) is 44.0 Å². The Kier molecular flexibility index (Phi) is 2.84. The Morgan fingerprint density at radius 3 is 2.72 bits per heavy atom. The molecule has 4 heteroatoms. The molecule has 4 nitrogen and oxygen atoms in total. The van der Waals surface area contributed by atoms with Crippen molar-refractivity contribution in [1.29, 1.82) is 0 Å². The molecule has 0 unspecified atom stereocenters. The summed E-state index contributed by atoms with van der Waals surface area (Å²) in [6, 6.07) is 7.87. The molecule has 96 valence electrons. The zero-order valence-corrected chi connectivity index (χ0v) is 10.7. The van der Waals surface area contributed by atoms with Crippen LogP contribution in [0.25, 0.3) is 0 Å². The van der Waals surface area contributed by atoms with Gasteiger partial charge in [0, 0.05) is 50.7 Å². The summed E-state index contributed by atoms with van der Waals surface area (Å²) < 4.78 is 0. The van der Waals surface area contributed by atoms with Crippen LogP contribution >= 0.6 is 0 Å². The molecule has 18 heavy (non-hydrogen) atoms. The quantitative estimate of drug-likeness (QED) is 0.813. The van der Waals surface area contributed by atoms with E-state index in [-0.39, 0.29) is 5.91 Å². The molecule has 0 aliphatic carbocycles. The SMILES string of the molecule is CNC(=O)c1ccccc1CN1CC2(CNC2)C1. The largest absolute Gasteiger partial charge is 0.355 e. The summed E-state index contributed by atoms with van der Waals surface area (Å²) in [6.07, 6.45) is 0. The van der Waals surface area contributed by atoms with E-state index < -0.39 is 0 Å². The zero-order chi connectivity index (χ0) is 12.6. The number of carbonyl (C=O) groups excluding carboxylic acids is 1. The van der Waals surface area contributed by atoms with Crippen LogP contribution in [0.1, 0.15) is 15.9 Å². The van der Waals surface area contributed by atoms with Crippen LogP contribution in [0, 0.1) is 5.41 Å². The summed E-state index contributed by atoms with van der Waals surface area (Å²) in [5.74, 6) is 0.00569. The Balaban J connectivity index is 1.67. The molecule has 0 radical (unpaired) electrons. The maximum Gasteiger partial charge on any atom is 0.251 e. The lowest BCUT2D eigenvalue weighted by Crippen LogP contribution is -2.70. The molecule has 1 aromatic carbocycles.